The Morgan fingerprint density at radius 1 is 1.00 bits per heavy atom. The van der Waals surface area contributed by atoms with Gasteiger partial charge in [-0.1, -0.05) is 31.4 Å². The Bertz CT molecular complexity index is 777. The van der Waals surface area contributed by atoms with E-state index in [1.54, 1.807) is 19.1 Å². The van der Waals surface area contributed by atoms with E-state index in [1.165, 1.54) is 0 Å². The van der Waals surface area contributed by atoms with Crippen LogP contribution in [0, 0.1) is 5.92 Å². The van der Waals surface area contributed by atoms with Gasteiger partial charge in [-0.05, 0) is 43.4 Å². The van der Waals surface area contributed by atoms with Gasteiger partial charge in [0.25, 0.3) is 0 Å². The van der Waals surface area contributed by atoms with Crippen LogP contribution in [0.4, 0.5) is 4.79 Å². The van der Waals surface area contributed by atoms with Crippen LogP contribution in [-0.4, -0.2) is 55.5 Å². The molecule has 8 heteroatoms. The average molecular weight is 445 g/mol. The summed E-state index contributed by atoms with van der Waals surface area (Å²) in [5.41, 5.74) is 0.975. The molecule has 1 aliphatic heterocycles. The number of likely N-dealkylation sites (N-methyl/N-ethyl adjacent to an activating group) is 1. The van der Waals surface area contributed by atoms with Gasteiger partial charge in [-0.2, -0.15) is 0 Å². The maximum Gasteiger partial charge on any atom is 0.315 e. The highest BCUT2D eigenvalue weighted by Crippen LogP contribution is 2.20. The Balaban J connectivity index is 1.50. The van der Waals surface area contributed by atoms with Gasteiger partial charge in [0.1, 0.15) is 5.75 Å². The lowest BCUT2D eigenvalue weighted by molar-refractivity contribution is -0.135. The van der Waals surface area contributed by atoms with Crippen molar-refractivity contribution < 1.29 is 19.1 Å². The van der Waals surface area contributed by atoms with Crippen molar-refractivity contribution in [1.82, 2.24) is 20.9 Å². The summed E-state index contributed by atoms with van der Waals surface area (Å²) in [4.78, 5) is 39.5. The maximum atomic E-state index is 12.8. The molecule has 3 N–H and O–H groups in total. The van der Waals surface area contributed by atoms with Crippen molar-refractivity contribution in [1.29, 1.82) is 0 Å². The fourth-order valence-electron chi connectivity index (χ4n) is 4.50. The molecule has 2 fully saturated rings. The van der Waals surface area contributed by atoms with Gasteiger partial charge in [0.15, 0.2) is 0 Å². The lowest BCUT2D eigenvalue weighted by atomic mass is 9.96. The molecule has 1 saturated carbocycles. The van der Waals surface area contributed by atoms with E-state index < -0.39 is 0 Å². The summed E-state index contributed by atoms with van der Waals surface area (Å²) in [7, 11) is 3.35. The van der Waals surface area contributed by atoms with E-state index >= 15 is 0 Å². The van der Waals surface area contributed by atoms with E-state index in [1.807, 2.05) is 24.3 Å². The number of benzene rings is 1. The van der Waals surface area contributed by atoms with Crippen molar-refractivity contribution in [2.45, 2.75) is 70.0 Å². The molecule has 0 bridgehead atoms. The highest BCUT2D eigenvalue weighted by Gasteiger charge is 2.28. The van der Waals surface area contributed by atoms with Crippen molar-refractivity contribution in [2.75, 3.05) is 20.7 Å². The van der Waals surface area contributed by atoms with Gasteiger partial charge in [0, 0.05) is 44.6 Å². The molecule has 1 heterocycles. The van der Waals surface area contributed by atoms with Crippen molar-refractivity contribution in [2.24, 2.45) is 5.92 Å². The SMILES string of the molecule is COc1ccc(CNC(=O)[C@@H]2CCC[C@@H](NC(=O)NC3CCCC3)CN(C)C(=O)C2)cc1. The number of hydrogen-bond acceptors (Lipinski definition) is 4. The number of nitrogens with zero attached hydrogens (tertiary/aromatic N) is 1. The van der Waals surface area contributed by atoms with Gasteiger partial charge in [0.05, 0.1) is 7.11 Å². The molecule has 0 spiro atoms. The zero-order chi connectivity index (χ0) is 22.9. The molecule has 0 radical (unpaired) electrons. The molecule has 4 amide bonds. The second kappa shape index (κ2) is 11.7. The van der Waals surface area contributed by atoms with Gasteiger partial charge in [-0.25, -0.2) is 4.79 Å². The highest BCUT2D eigenvalue weighted by molar-refractivity contribution is 5.85. The molecule has 2 aliphatic rings. The molecular weight excluding hydrogens is 408 g/mol. The Kier molecular flexibility index (Phi) is 8.76. The summed E-state index contributed by atoms with van der Waals surface area (Å²) < 4.78 is 5.16. The lowest BCUT2D eigenvalue weighted by Gasteiger charge is -2.25. The van der Waals surface area contributed by atoms with Crippen LogP contribution in [0.2, 0.25) is 0 Å². The van der Waals surface area contributed by atoms with Crippen LogP contribution in [0.3, 0.4) is 0 Å². The predicted molar refractivity (Wildman–Crippen MR) is 122 cm³/mol. The largest absolute Gasteiger partial charge is 0.497 e. The summed E-state index contributed by atoms with van der Waals surface area (Å²) in [6.07, 6.45) is 6.70. The van der Waals surface area contributed by atoms with Gasteiger partial charge in [0.2, 0.25) is 11.8 Å². The zero-order valence-corrected chi connectivity index (χ0v) is 19.2. The van der Waals surface area contributed by atoms with Crippen LogP contribution in [0.1, 0.15) is 56.9 Å². The number of carbonyl (C=O) groups is 3. The predicted octanol–water partition coefficient (Wildman–Crippen LogP) is 2.57. The Labute approximate surface area is 190 Å². The van der Waals surface area contributed by atoms with Crippen molar-refractivity contribution >= 4 is 17.8 Å². The van der Waals surface area contributed by atoms with Gasteiger partial charge >= 0.3 is 6.03 Å². The van der Waals surface area contributed by atoms with E-state index in [4.69, 9.17) is 4.74 Å². The minimum atomic E-state index is -0.366. The number of rotatable bonds is 6. The maximum absolute atomic E-state index is 12.8. The molecule has 3 rings (SSSR count). The first-order chi connectivity index (χ1) is 15.4. The third-order valence-electron chi connectivity index (χ3n) is 6.47. The minimum absolute atomic E-state index is 0.0699. The van der Waals surface area contributed by atoms with Gasteiger partial charge in [-0.15, -0.1) is 0 Å². The fraction of sp³-hybridized carbons (Fsp3) is 0.625. The number of nitrogens with one attached hydrogen (secondary N) is 3. The number of carbonyl (C=O) groups excluding carboxylic acids is 3. The second-order valence-electron chi connectivity index (χ2n) is 8.97. The second-order valence-corrected chi connectivity index (χ2v) is 8.97. The topological polar surface area (TPSA) is 99.8 Å². The summed E-state index contributed by atoms with van der Waals surface area (Å²) in [5, 5.41) is 9.05. The number of methoxy groups -OCH3 is 1. The summed E-state index contributed by atoms with van der Waals surface area (Å²) in [5.74, 6) is 0.229. The van der Waals surface area contributed by atoms with E-state index in [9.17, 15) is 14.4 Å². The molecule has 1 aliphatic carbocycles. The number of amides is 4. The van der Waals surface area contributed by atoms with E-state index in [0.717, 1.165) is 49.8 Å². The molecule has 1 aromatic carbocycles. The van der Waals surface area contributed by atoms with Crippen molar-refractivity contribution in [3.63, 3.8) is 0 Å². The van der Waals surface area contributed by atoms with Crippen molar-refractivity contribution in [3.05, 3.63) is 29.8 Å². The number of urea groups is 1. The molecule has 176 valence electrons. The van der Waals surface area contributed by atoms with Crippen LogP contribution < -0.4 is 20.7 Å². The molecule has 32 heavy (non-hydrogen) atoms. The Morgan fingerprint density at radius 3 is 2.34 bits per heavy atom. The van der Waals surface area contributed by atoms with Crippen LogP contribution in [0.5, 0.6) is 5.75 Å². The van der Waals surface area contributed by atoms with E-state index in [-0.39, 0.29) is 42.3 Å². The van der Waals surface area contributed by atoms with Crippen LogP contribution in [0.25, 0.3) is 0 Å². The smallest absolute Gasteiger partial charge is 0.315 e. The summed E-state index contributed by atoms with van der Waals surface area (Å²) in [6.45, 7) is 0.867. The minimum Gasteiger partial charge on any atom is -0.497 e. The molecule has 1 saturated heterocycles. The lowest BCUT2D eigenvalue weighted by Crippen LogP contribution is -2.49. The molecule has 8 nitrogen and oxygen atoms in total. The normalized spacial score (nSPS) is 22.4. The van der Waals surface area contributed by atoms with E-state index in [0.29, 0.717) is 19.5 Å². The third-order valence-corrected chi connectivity index (χ3v) is 6.47. The Morgan fingerprint density at radius 2 is 1.66 bits per heavy atom. The van der Waals surface area contributed by atoms with Crippen LogP contribution in [-0.2, 0) is 16.1 Å². The van der Waals surface area contributed by atoms with Crippen LogP contribution >= 0.6 is 0 Å². The zero-order valence-electron chi connectivity index (χ0n) is 19.2. The van der Waals surface area contributed by atoms with Gasteiger partial charge in [-0.3, -0.25) is 9.59 Å². The molecule has 0 unspecified atom stereocenters. The van der Waals surface area contributed by atoms with Crippen LogP contribution in [0.15, 0.2) is 24.3 Å². The standard InChI is InChI=1S/C24H36N4O4/c1-28-16-20(27-24(31)26-19-7-3-4-8-19)9-5-6-18(14-22(28)29)23(30)25-15-17-10-12-21(32-2)13-11-17/h10-13,18-20H,3-9,14-16H2,1-2H3,(H,25,30)(H2,26,27,31)/t18-,20-/m1/s1. The molecule has 0 aromatic heterocycles. The Hall–Kier alpha value is -2.77. The average Bonchev–Trinajstić information content (AvgIpc) is 3.30. The first-order valence-electron chi connectivity index (χ1n) is 11.7. The quantitative estimate of drug-likeness (QED) is 0.628. The highest BCUT2D eigenvalue weighted by atomic mass is 16.5. The molecular formula is C24H36N4O4. The monoisotopic (exact) mass is 444 g/mol. The first kappa shape index (κ1) is 23.9. The fourth-order valence-corrected chi connectivity index (χ4v) is 4.50. The summed E-state index contributed by atoms with van der Waals surface area (Å²) in [6, 6.07) is 7.51. The number of hydrogen-bond donors (Lipinski definition) is 3. The third kappa shape index (κ3) is 7.14. The molecule has 2 atom stereocenters. The van der Waals surface area contributed by atoms with Gasteiger partial charge < -0.3 is 25.6 Å². The first-order valence-corrected chi connectivity index (χ1v) is 11.7. The summed E-state index contributed by atoms with van der Waals surface area (Å²) >= 11 is 0. The number of ether oxygens (including phenoxy) is 1. The molecule has 1 aromatic rings. The van der Waals surface area contributed by atoms with E-state index in [2.05, 4.69) is 16.0 Å². The van der Waals surface area contributed by atoms with Crippen molar-refractivity contribution in [3.8, 4) is 5.75 Å².